The van der Waals surface area contributed by atoms with Gasteiger partial charge in [-0.1, -0.05) is 0 Å². The SMILES string of the molecule is Cc1cc(C(=O)O)nc(NCc2cscn2)n1. The largest absolute Gasteiger partial charge is 0.477 e. The summed E-state index contributed by atoms with van der Waals surface area (Å²) in [5.41, 5.74) is 3.20. The average Bonchev–Trinajstić information content (AvgIpc) is 2.78. The molecule has 17 heavy (non-hydrogen) atoms. The maximum atomic E-state index is 10.8. The molecular weight excluding hydrogens is 240 g/mol. The number of anilines is 1. The Bertz CT molecular complexity index is 527. The van der Waals surface area contributed by atoms with Gasteiger partial charge < -0.3 is 10.4 Å². The smallest absolute Gasteiger partial charge is 0.354 e. The Morgan fingerprint density at radius 1 is 1.53 bits per heavy atom. The predicted octanol–water partition coefficient (Wildman–Crippen LogP) is 1.55. The molecule has 6 nitrogen and oxygen atoms in total. The van der Waals surface area contributed by atoms with E-state index in [0.717, 1.165) is 5.69 Å². The summed E-state index contributed by atoms with van der Waals surface area (Å²) >= 11 is 1.50. The van der Waals surface area contributed by atoms with Crippen molar-refractivity contribution in [3.8, 4) is 0 Å². The lowest BCUT2D eigenvalue weighted by Crippen LogP contribution is -2.09. The van der Waals surface area contributed by atoms with Gasteiger partial charge in [-0.25, -0.2) is 19.7 Å². The number of aryl methyl sites for hydroxylation is 1. The fraction of sp³-hybridized carbons (Fsp3) is 0.200. The molecule has 0 aliphatic rings. The lowest BCUT2D eigenvalue weighted by Gasteiger charge is -2.04. The van der Waals surface area contributed by atoms with E-state index < -0.39 is 5.97 Å². The summed E-state index contributed by atoms with van der Waals surface area (Å²) in [6, 6.07) is 1.43. The van der Waals surface area contributed by atoms with Crippen molar-refractivity contribution < 1.29 is 9.90 Å². The third-order valence-electron chi connectivity index (χ3n) is 1.98. The third-order valence-corrected chi connectivity index (χ3v) is 2.62. The topological polar surface area (TPSA) is 88.0 Å². The number of thiazole rings is 1. The van der Waals surface area contributed by atoms with Crippen LogP contribution < -0.4 is 5.32 Å². The minimum atomic E-state index is -1.06. The Labute approximate surface area is 101 Å². The highest BCUT2D eigenvalue weighted by molar-refractivity contribution is 7.07. The number of carbonyl (C=O) groups is 1. The van der Waals surface area contributed by atoms with E-state index in [1.807, 2.05) is 5.38 Å². The van der Waals surface area contributed by atoms with Gasteiger partial charge in [0.05, 0.1) is 17.7 Å². The summed E-state index contributed by atoms with van der Waals surface area (Å²) in [7, 11) is 0. The lowest BCUT2D eigenvalue weighted by atomic mass is 10.3. The summed E-state index contributed by atoms with van der Waals surface area (Å²) in [5.74, 6) is -0.761. The summed E-state index contributed by atoms with van der Waals surface area (Å²) in [5, 5.41) is 13.7. The number of hydrogen-bond acceptors (Lipinski definition) is 6. The lowest BCUT2D eigenvalue weighted by molar-refractivity contribution is 0.0690. The number of aromatic carboxylic acids is 1. The van der Waals surface area contributed by atoms with Crippen molar-refractivity contribution in [2.24, 2.45) is 0 Å². The van der Waals surface area contributed by atoms with Gasteiger partial charge in [-0.05, 0) is 13.0 Å². The molecule has 0 unspecified atom stereocenters. The molecular formula is C10H10N4O2S. The fourth-order valence-corrected chi connectivity index (χ4v) is 1.81. The molecule has 88 valence electrons. The van der Waals surface area contributed by atoms with Gasteiger partial charge in [-0.3, -0.25) is 0 Å². The monoisotopic (exact) mass is 250 g/mol. The molecule has 0 spiro atoms. The van der Waals surface area contributed by atoms with Crippen molar-refractivity contribution in [2.45, 2.75) is 13.5 Å². The molecule has 0 radical (unpaired) electrons. The van der Waals surface area contributed by atoms with Gasteiger partial charge >= 0.3 is 5.97 Å². The van der Waals surface area contributed by atoms with Crippen LogP contribution in [-0.4, -0.2) is 26.0 Å². The Kier molecular flexibility index (Phi) is 3.29. The molecule has 0 atom stereocenters. The van der Waals surface area contributed by atoms with E-state index in [9.17, 15) is 4.79 Å². The van der Waals surface area contributed by atoms with Crippen LogP contribution in [0, 0.1) is 6.92 Å². The number of carboxylic acids is 1. The van der Waals surface area contributed by atoms with E-state index in [-0.39, 0.29) is 5.69 Å². The second-order valence-electron chi connectivity index (χ2n) is 3.36. The molecule has 2 aromatic rings. The van der Waals surface area contributed by atoms with Crippen LogP contribution in [0.3, 0.4) is 0 Å². The van der Waals surface area contributed by atoms with Crippen LogP contribution in [-0.2, 0) is 6.54 Å². The summed E-state index contributed by atoms with van der Waals surface area (Å²) in [4.78, 5) is 22.9. The van der Waals surface area contributed by atoms with Crippen LogP contribution in [0.2, 0.25) is 0 Å². The van der Waals surface area contributed by atoms with Crippen LogP contribution in [0.4, 0.5) is 5.95 Å². The average molecular weight is 250 g/mol. The fourth-order valence-electron chi connectivity index (χ4n) is 1.25. The second kappa shape index (κ2) is 4.88. The van der Waals surface area contributed by atoms with E-state index in [1.54, 1.807) is 12.4 Å². The molecule has 2 heterocycles. The Morgan fingerprint density at radius 2 is 2.35 bits per heavy atom. The number of rotatable bonds is 4. The molecule has 2 aromatic heterocycles. The molecule has 2 N–H and O–H groups in total. The van der Waals surface area contributed by atoms with Gasteiger partial charge in [0.1, 0.15) is 0 Å². The van der Waals surface area contributed by atoms with Crippen molar-refractivity contribution in [1.29, 1.82) is 0 Å². The van der Waals surface area contributed by atoms with E-state index in [1.165, 1.54) is 17.4 Å². The molecule has 0 amide bonds. The van der Waals surface area contributed by atoms with Gasteiger partial charge in [0.15, 0.2) is 5.69 Å². The zero-order valence-corrected chi connectivity index (χ0v) is 9.86. The molecule has 2 rings (SSSR count). The predicted molar refractivity (Wildman–Crippen MR) is 63.2 cm³/mol. The molecule has 0 aliphatic carbocycles. The molecule has 0 aromatic carbocycles. The van der Waals surface area contributed by atoms with Gasteiger partial charge in [0, 0.05) is 11.1 Å². The first-order chi connectivity index (χ1) is 8.15. The minimum Gasteiger partial charge on any atom is -0.477 e. The number of carboxylic acid groups (broad SMARTS) is 1. The molecule has 0 aliphatic heterocycles. The van der Waals surface area contributed by atoms with Crippen LogP contribution in [0.5, 0.6) is 0 Å². The van der Waals surface area contributed by atoms with E-state index in [0.29, 0.717) is 18.2 Å². The highest BCUT2D eigenvalue weighted by Crippen LogP contribution is 2.07. The Hall–Kier alpha value is -2.02. The first kappa shape index (κ1) is 11.5. The zero-order chi connectivity index (χ0) is 12.3. The van der Waals surface area contributed by atoms with E-state index in [2.05, 4.69) is 20.3 Å². The van der Waals surface area contributed by atoms with Crippen molar-refractivity contribution in [3.05, 3.63) is 34.0 Å². The second-order valence-corrected chi connectivity index (χ2v) is 4.08. The van der Waals surface area contributed by atoms with E-state index >= 15 is 0 Å². The van der Waals surface area contributed by atoms with E-state index in [4.69, 9.17) is 5.11 Å². The summed E-state index contributed by atoms with van der Waals surface area (Å²) in [6.07, 6.45) is 0. The Morgan fingerprint density at radius 3 is 3.00 bits per heavy atom. The van der Waals surface area contributed by atoms with Crippen LogP contribution in [0.25, 0.3) is 0 Å². The number of aromatic nitrogens is 3. The summed E-state index contributed by atoms with van der Waals surface area (Å²) in [6.45, 7) is 2.20. The highest BCUT2D eigenvalue weighted by atomic mass is 32.1. The van der Waals surface area contributed by atoms with Crippen LogP contribution in [0.15, 0.2) is 17.0 Å². The highest BCUT2D eigenvalue weighted by Gasteiger charge is 2.08. The van der Waals surface area contributed by atoms with Crippen molar-refractivity contribution >= 4 is 23.3 Å². The number of nitrogens with one attached hydrogen (secondary N) is 1. The molecule has 0 fully saturated rings. The van der Waals surface area contributed by atoms with Gasteiger partial charge in [-0.2, -0.15) is 0 Å². The van der Waals surface area contributed by atoms with Crippen molar-refractivity contribution in [3.63, 3.8) is 0 Å². The first-order valence-corrected chi connectivity index (χ1v) is 5.79. The zero-order valence-electron chi connectivity index (χ0n) is 9.04. The minimum absolute atomic E-state index is 0.0155. The maximum Gasteiger partial charge on any atom is 0.354 e. The molecule has 7 heteroatoms. The van der Waals surface area contributed by atoms with Gasteiger partial charge in [-0.15, -0.1) is 11.3 Å². The normalized spacial score (nSPS) is 10.2. The quantitative estimate of drug-likeness (QED) is 0.856. The maximum absolute atomic E-state index is 10.8. The third kappa shape index (κ3) is 2.97. The summed E-state index contributed by atoms with van der Waals surface area (Å²) < 4.78 is 0. The van der Waals surface area contributed by atoms with Crippen molar-refractivity contribution in [2.75, 3.05) is 5.32 Å². The molecule has 0 bridgehead atoms. The number of nitrogens with zero attached hydrogens (tertiary/aromatic N) is 3. The standard InChI is InChI=1S/C10H10N4O2S/c1-6-2-8(9(15)16)14-10(13-6)11-3-7-4-17-5-12-7/h2,4-5H,3H2,1H3,(H,15,16)(H,11,13,14). The molecule has 0 saturated carbocycles. The van der Waals surface area contributed by atoms with Gasteiger partial charge in [0.25, 0.3) is 0 Å². The van der Waals surface area contributed by atoms with Crippen LogP contribution >= 0.6 is 11.3 Å². The van der Waals surface area contributed by atoms with Crippen LogP contribution in [0.1, 0.15) is 21.9 Å². The number of hydrogen-bond donors (Lipinski definition) is 2. The first-order valence-electron chi connectivity index (χ1n) is 4.85. The van der Waals surface area contributed by atoms with Gasteiger partial charge in [0.2, 0.25) is 5.95 Å². The Balaban J connectivity index is 2.13. The van der Waals surface area contributed by atoms with Crippen molar-refractivity contribution in [1.82, 2.24) is 15.0 Å². The molecule has 0 saturated heterocycles.